The highest BCUT2D eigenvalue weighted by atomic mass is 16.5. The van der Waals surface area contributed by atoms with Crippen LogP contribution in [-0.2, 0) is 4.79 Å². The SMILES string of the molecule is CN1C(=O)/C(=C\c2ccc(C(=O)N3CCN(c4ccccc4)CC3)cc2)Oc2ccccc21. The van der Waals surface area contributed by atoms with E-state index in [-0.39, 0.29) is 17.6 Å². The Morgan fingerprint density at radius 3 is 2.24 bits per heavy atom. The highest BCUT2D eigenvalue weighted by molar-refractivity contribution is 6.09. The molecule has 1 saturated heterocycles. The number of likely N-dealkylation sites (N-methyl/N-ethyl adjacent to an activating group) is 1. The van der Waals surface area contributed by atoms with Crippen LogP contribution in [-0.4, -0.2) is 49.9 Å². The molecule has 3 aromatic rings. The molecular formula is C27H25N3O3. The molecule has 5 rings (SSSR count). The number of hydrogen-bond donors (Lipinski definition) is 0. The van der Waals surface area contributed by atoms with Crippen LogP contribution in [0.5, 0.6) is 5.75 Å². The van der Waals surface area contributed by atoms with Crippen LogP contribution >= 0.6 is 0 Å². The lowest BCUT2D eigenvalue weighted by Crippen LogP contribution is -2.48. The number of carbonyl (C=O) groups is 2. The van der Waals surface area contributed by atoms with E-state index in [1.165, 1.54) is 5.69 Å². The number of rotatable bonds is 3. The predicted molar refractivity (Wildman–Crippen MR) is 129 cm³/mol. The lowest BCUT2D eigenvalue weighted by molar-refractivity contribution is -0.117. The van der Waals surface area contributed by atoms with Gasteiger partial charge in [-0.25, -0.2) is 0 Å². The first kappa shape index (κ1) is 20.8. The van der Waals surface area contributed by atoms with Gasteiger partial charge in [0.25, 0.3) is 11.8 Å². The summed E-state index contributed by atoms with van der Waals surface area (Å²) in [6.07, 6.45) is 1.71. The molecule has 0 radical (unpaired) electrons. The van der Waals surface area contributed by atoms with Gasteiger partial charge in [-0.2, -0.15) is 0 Å². The summed E-state index contributed by atoms with van der Waals surface area (Å²) in [5.74, 6) is 0.727. The second kappa shape index (κ2) is 8.82. The van der Waals surface area contributed by atoms with E-state index in [0.29, 0.717) is 24.4 Å². The van der Waals surface area contributed by atoms with Crippen molar-refractivity contribution >= 4 is 29.3 Å². The van der Waals surface area contributed by atoms with Crippen molar-refractivity contribution in [3.63, 3.8) is 0 Å². The number of ether oxygens (including phenoxy) is 1. The van der Waals surface area contributed by atoms with Gasteiger partial charge in [-0.1, -0.05) is 42.5 Å². The molecule has 0 saturated carbocycles. The van der Waals surface area contributed by atoms with Gasteiger partial charge < -0.3 is 19.4 Å². The van der Waals surface area contributed by atoms with Crippen LogP contribution in [0.15, 0.2) is 84.6 Å². The lowest BCUT2D eigenvalue weighted by atomic mass is 10.1. The van der Waals surface area contributed by atoms with Crippen LogP contribution in [0.1, 0.15) is 15.9 Å². The van der Waals surface area contributed by atoms with Crippen LogP contribution in [0.4, 0.5) is 11.4 Å². The van der Waals surface area contributed by atoms with Crippen LogP contribution in [0.25, 0.3) is 6.08 Å². The maximum Gasteiger partial charge on any atom is 0.293 e. The standard InChI is InChI=1S/C27H25N3O3/c1-28-23-9-5-6-10-24(23)33-25(27(28)32)19-20-11-13-21(14-12-20)26(31)30-17-15-29(16-18-30)22-7-3-2-4-8-22/h2-14,19H,15-18H2,1H3/b25-19+. The molecule has 6 heteroatoms. The third kappa shape index (κ3) is 4.20. The minimum absolute atomic E-state index is 0.0283. The summed E-state index contributed by atoms with van der Waals surface area (Å²) in [6, 6.07) is 25.0. The number of nitrogens with zero attached hydrogens (tertiary/aromatic N) is 3. The Bertz CT molecular complexity index is 1200. The Hall–Kier alpha value is -4.06. The van der Waals surface area contributed by atoms with Crippen molar-refractivity contribution in [3.05, 3.63) is 95.7 Å². The van der Waals surface area contributed by atoms with Crippen molar-refractivity contribution in [2.45, 2.75) is 0 Å². The van der Waals surface area contributed by atoms with E-state index >= 15 is 0 Å². The molecule has 0 aromatic heterocycles. The lowest BCUT2D eigenvalue weighted by Gasteiger charge is -2.36. The molecule has 1 fully saturated rings. The molecular weight excluding hydrogens is 414 g/mol. The molecule has 166 valence electrons. The van der Waals surface area contributed by atoms with Gasteiger partial charge in [0, 0.05) is 44.5 Å². The zero-order valence-corrected chi connectivity index (χ0v) is 18.5. The summed E-state index contributed by atoms with van der Waals surface area (Å²) in [7, 11) is 1.73. The number of benzene rings is 3. The van der Waals surface area contributed by atoms with Crippen LogP contribution in [0.3, 0.4) is 0 Å². The van der Waals surface area contributed by atoms with E-state index in [1.807, 2.05) is 71.6 Å². The number of piperazine rings is 1. The third-order valence-corrected chi connectivity index (χ3v) is 6.11. The average molecular weight is 440 g/mol. The Morgan fingerprint density at radius 2 is 1.52 bits per heavy atom. The Balaban J connectivity index is 1.25. The van der Waals surface area contributed by atoms with E-state index in [2.05, 4.69) is 17.0 Å². The van der Waals surface area contributed by atoms with E-state index in [1.54, 1.807) is 18.0 Å². The Morgan fingerprint density at radius 1 is 0.848 bits per heavy atom. The molecule has 2 aliphatic heterocycles. The van der Waals surface area contributed by atoms with Crippen molar-refractivity contribution < 1.29 is 14.3 Å². The van der Waals surface area contributed by atoms with E-state index in [9.17, 15) is 9.59 Å². The molecule has 0 atom stereocenters. The first-order chi connectivity index (χ1) is 16.1. The fraction of sp³-hybridized carbons (Fsp3) is 0.185. The van der Waals surface area contributed by atoms with Crippen molar-refractivity contribution in [1.29, 1.82) is 0 Å². The second-order valence-electron chi connectivity index (χ2n) is 8.18. The van der Waals surface area contributed by atoms with Crippen molar-refractivity contribution in [2.24, 2.45) is 0 Å². The van der Waals surface area contributed by atoms with Gasteiger partial charge in [0.2, 0.25) is 0 Å². The normalized spacial score (nSPS) is 17.1. The number of para-hydroxylation sites is 3. The van der Waals surface area contributed by atoms with Gasteiger partial charge in [0.15, 0.2) is 11.5 Å². The van der Waals surface area contributed by atoms with Crippen LogP contribution in [0.2, 0.25) is 0 Å². The number of anilines is 2. The monoisotopic (exact) mass is 439 g/mol. The summed E-state index contributed by atoms with van der Waals surface area (Å²) in [5.41, 5.74) is 3.38. The van der Waals surface area contributed by atoms with E-state index < -0.39 is 0 Å². The third-order valence-electron chi connectivity index (χ3n) is 6.11. The van der Waals surface area contributed by atoms with Gasteiger partial charge in [-0.15, -0.1) is 0 Å². The van der Waals surface area contributed by atoms with Gasteiger partial charge >= 0.3 is 0 Å². The van der Waals surface area contributed by atoms with Gasteiger partial charge in [0.1, 0.15) is 0 Å². The molecule has 0 unspecified atom stereocenters. The second-order valence-corrected chi connectivity index (χ2v) is 8.18. The van der Waals surface area contributed by atoms with Crippen molar-refractivity contribution in [1.82, 2.24) is 4.90 Å². The average Bonchev–Trinajstić information content (AvgIpc) is 2.88. The summed E-state index contributed by atoms with van der Waals surface area (Å²) in [5, 5.41) is 0. The highest BCUT2D eigenvalue weighted by Crippen LogP contribution is 2.34. The molecule has 6 nitrogen and oxygen atoms in total. The maximum absolute atomic E-state index is 13.0. The molecule has 0 aliphatic carbocycles. The molecule has 0 N–H and O–H groups in total. The molecule has 2 amide bonds. The molecule has 2 heterocycles. The summed E-state index contributed by atoms with van der Waals surface area (Å²) in [4.78, 5) is 31.4. The predicted octanol–water partition coefficient (Wildman–Crippen LogP) is 4.05. The van der Waals surface area contributed by atoms with Gasteiger partial charge in [-0.3, -0.25) is 9.59 Å². The topological polar surface area (TPSA) is 53.1 Å². The largest absolute Gasteiger partial charge is 0.449 e. The fourth-order valence-corrected chi connectivity index (χ4v) is 4.21. The Kier molecular flexibility index (Phi) is 5.57. The number of carbonyl (C=O) groups excluding carboxylic acids is 2. The summed E-state index contributed by atoms with van der Waals surface area (Å²) >= 11 is 0. The summed E-state index contributed by atoms with van der Waals surface area (Å²) < 4.78 is 5.83. The summed E-state index contributed by atoms with van der Waals surface area (Å²) in [6.45, 7) is 3.00. The van der Waals surface area contributed by atoms with Gasteiger partial charge in [-0.05, 0) is 48.0 Å². The van der Waals surface area contributed by atoms with Crippen LogP contribution < -0.4 is 14.5 Å². The molecule has 3 aromatic carbocycles. The number of hydrogen-bond acceptors (Lipinski definition) is 4. The first-order valence-corrected chi connectivity index (χ1v) is 11.1. The number of amides is 2. The molecule has 0 bridgehead atoms. The van der Waals surface area contributed by atoms with Gasteiger partial charge in [0.05, 0.1) is 5.69 Å². The minimum atomic E-state index is -0.204. The van der Waals surface area contributed by atoms with Crippen LogP contribution in [0, 0.1) is 0 Å². The zero-order chi connectivity index (χ0) is 22.8. The van der Waals surface area contributed by atoms with E-state index in [0.717, 1.165) is 24.3 Å². The van der Waals surface area contributed by atoms with E-state index in [4.69, 9.17) is 4.74 Å². The minimum Gasteiger partial charge on any atom is -0.449 e. The zero-order valence-electron chi connectivity index (χ0n) is 18.5. The molecule has 33 heavy (non-hydrogen) atoms. The Labute approximate surface area is 193 Å². The number of fused-ring (bicyclic) bond motifs is 1. The molecule has 2 aliphatic rings. The smallest absolute Gasteiger partial charge is 0.293 e. The van der Waals surface area contributed by atoms with Crippen molar-refractivity contribution in [2.75, 3.05) is 43.0 Å². The quantitative estimate of drug-likeness (QED) is 0.578. The fourth-order valence-electron chi connectivity index (χ4n) is 4.21. The van der Waals surface area contributed by atoms with Crippen molar-refractivity contribution in [3.8, 4) is 5.75 Å². The maximum atomic E-state index is 13.0. The highest BCUT2D eigenvalue weighted by Gasteiger charge is 2.27. The first-order valence-electron chi connectivity index (χ1n) is 11.1. The molecule has 0 spiro atoms.